The van der Waals surface area contributed by atoms with Crippen LogP contribution in [0.2, 0.25) is 0 Å². The number of carboxylic acid groups (broad SMARTS) is 2. The van der Waals surface area contributed by atoms with Crippen LogP contribution in [0.25, 0.3) is 6.15 Å². The van der Waals surface area contributed by atoms with Gasteiger partial charge in [0.05, 0.1) is 0 Å². The summed E-state index contributed by atoms with van der Waals surface area (Å²) in [5, 5.41) is 13.8. The van der Waals surface area contributed by atoms with Gasteiger partial charge in [-0.15, -0.1) is 0 Å². The van der Waals surface area contributed by atoms with E-state index >= 15 is 0 Å². The van der Waals surface area contributed by atoms with Gasteiger partial charge in [0.1, 0.15) is 0 Å². The molecule has 0 aromatic heterocycles. The summed E-state index contributed by atoms with van der Waals surface area (Å²) in [6.07, 6.45) is 0. The van der Waals surface area contributed by atoms with Crippen LogP contribution in [-0.2, 0) is 30.7 Å². The van der Waals surface area contributed by atoms with Crippen molar-refractivity contribution in [1.29, 1.82) is 0 Å². The van der Waals surface area contributed by atoms with E-state index in [4.69, 9.17) is 19.8 Å². The maximum atomic E-state index is 8.36. The van der Waals surface area contributed by atoms with Crippen molar-refractivity contribution in [3.8, 4) is 0 Å². The molecule has 0 fully saturated rings. The van der Waals surface area contributed by atoms with Gasteiger partial charge in [0.25, 0.3) is 12.9 Å². The molecule has 0 bridgehead atoms. The molecule has 0 atom stereocenters. The number of carbonyl (C=O) groups is 2. The molecule has 0 aliphatic carbocycles. The Morgan fingerprint density at radius 2 is 1.00 bits per heavy atom. The summed E-state index contributed by atoms with van der Waals surface area (Å²) >= 11 is 0. The fourth-order valence-electron chi connectivity index (χ4n) is 0. The van der Waals surface area contributed by atoms with Crippen LogP contribution >= 0.6 is 0 Å². The summed E-state index contributed by atoms with van der Waals surface area (Å²) in [4.78, 5) is 16.7. The topological polar surface area (TPSA) is 108 Å². The fraction of sp³-hybridized carbons (Fsp3) is 0. The zero-order chi connectivity index (χ0) is 5.41. The van der Waals surface area contributed by atoms with E-state index < -0.39 is 0 Å². The summed E-state index contributed by atoms with van der Waals surface area (Å²) in [6.45, 7) is -0.500. The molecule has 54 valence electrons. The smallest absolute Gasteiger partial charge is 0.290 e. The molecule has 0 aromatic carbocycles. The third-order valence-corrected chi connectivity index (χ3v) is 0. The Kier molecular flexibility index (Phi) is 261. The Morgan fingerprint density at radius 3 is 1.00 bits per heavy atom. The first-order valence-corrected chi connectivity index (χ1v) is 0.988. The number of rotatable bonds is 0. The zero-order valence-corrected chi connectivity index (χ0v) is 6.03. The van der Waals surface area contributed by atoms with Crippen molar-refractivity contribution in [2.75, 3.05) is 0 Å². The van der Waals surface area contributed by atoms with E-state index in [1.165, 1.54) is 0 Å². The minimum Gasteiger partial charge on any atom is -0.693 e. The van der Waals surface area contributed by atoms with Crippen LogP contribution in [0.15, 0.2) is 0 Å². The van der Waals surface area contributed by atoms with Crippen LogP contribution in [0.1, 0.15) is 0 Å². The van der Waals surface area contributed by atoms with Gasteiger partial charge in [0.15, 0.2) is 0 Å². The van der Waals surface area contributed by atoms with Gasteiger partial charge in [0.2, 0.25) is 0 Å². The second-order valence-corrected chi connectivity index (χ2v) is 0.211. The normalized spacial score (nSPS) is 3.00. The molecule has 0 aliphatic rings. The van der Waals surface area contributed by atoms with E-state index in [1.54, 1.807) is 0 Å². The molecular formula is C2H6NO4Pt-. The molecule has 6 heteroatoms. The molecule has 0 spiro atoms. The molecule has 0 saturated heterocycles. The van der Waals surface area contributed by atoms with Gasteiger partial charge in [-0.25, -0.2) is 0 Å². The number of hydrogen-bond donors (Lipinski definition) is 2. The quantitative estimate of drug-likeness (QED) is 0.619. The van der Waals surface area contributed by atoms with Gasteiger partial charge in [-0.1, -0.05) is 0 Å². The number of nitrogens with two attached hydrogens (primary N) is 1. The molecule has 5 nitrogen and oxygen atoms in total. The average Bonchev–Trinajstić information content (AvgIpc) is 1.39. The summed E-state index contributed by atoms with van der Waals surface area (Å²) in [7, 11) is 0. The first kappa shape index (κ1) is 25.6. The third-order valence-electron chi connectivity index (χ3n) is 0. The van der Waals surface area contributed by atoms with Crippen LogP contribution in [0.3, 0.4) is 0 Å². The van der Waals surface area contributed by atoms with Crippen molar-refractivity contribution in [3.63, 3.8) is 0 Å². The molecule has 0 aromatic rings. The largest absolute Gasteiger partial charge is 0.693 e. The summed E-state index contributed by atoms with van der Waals surface area (Å²) < 4.78 is 0. The Bertz CT molecular complexity index is 35.0. The van der Waals surface area contributed by atoms with E-state index in [2.05, 4.69) is 0 Å². The molecular weight excluding hydrogens is 297 g/mol. The third kappa shape index (κ3) is 694. The Balaban J connectivity index is -0.0000000160. The van der Waals surface area contributed by atoms with E-state index in [0.29, 0.717) is 0 Å². The van der Waals surface area contributed by atoms with Gasteiger partial charge in [-0.3, -0.25) is 9.59 Å². The molecule has 0 heterocycles. The Morgan fingerprint density at radius 1 is 1.00 bits per heavy atom. The van der Waals surface area contributed by atoms with Gasteiger partial charge in [0, 0.05) is 21.1 Å². The van der Waals surface area contributed by atoms with E-state index in [9.17, 15) is 0 Å². The SMILES string of the molecule is O=CO.O=CO.[NH2-].[Pt]. The van der Waals surface area contributed by atoms with Crippen LogP contribution in [-0.4, -0.2) is 23.2 Å². The second-order valence-electron chi connectivity index (χ2n) is 0.211. The standard InChI is InChI=1S/2CH2O2.H2N.Pt/c2*2-1-3;;/h2*1H,(H,2,3);1H2;/q;;-1;. The predicted octanol–water partition coefficient (Wildman–Crippen LogP) is 0.116. The van der Waals surface area contributed by atoms with Crippen LogP contribution in [0.4, 0.5) is 0 Å². The molecule has 0 radical (unpaired) electrons. The van der Waals surface area contributed by atoms with E-state index in [0.717, 1.165) is 0 Å². The van der Waals surface area contributed by atoms with E-state index in [-0.39, 0.29) is 40.2 Å². The first-order valence-electron chi connectivity index (χ1n) is 0.988. The monoisotopic (exact) mass is 303 g/mol. The van der Waals surface area contributed by atoms with Gasteiger partial charge >= 0.3 is 0 Å². The molecule has 0 saturated carbocycles. The van der Waals surface area contributed by atoms with Gasteiger partial charge in [-0.2, -0.15) is 0 Å². The van der Waals surface area contributed by atoms with Crippen molar-refractivity contribution in [2.24, 2.45) is 0 Å². The zero-order valence-electron chi connectivity index (χ0n) is 3.76. The summed E-state index contributed by atoms with van der Waals surface area (Å²) in [5.41, 5.74) is 0. The fourth-order valence-corrected chi connectivity index (χ4v) is 0. The Hall–Kier alpha value is -0.412. The maximum absolute atomic E-state index is 8.36. The minimum absolute atomic E-state index is 0. The minimum atomic E-state index is -0.250. The predicted molar refractivity (Wildman–Crippen MR) is 22.7 cm³/mol. The van der Waals surface area contributed by atoms with Crippen LogP contribution in [0, 0.1) is 0 Å². The molecule has 0 amide bonds. The molecule has 0 unspecified atom stereocenters. The van der Waals surface area contributed by atoms with Crippen molar-refractivity contribution in [2.45, 2.75) is 0 Å². The Labute approximate surface area is 60.5 Å². The van der Waals surface area contributed by atoms with Crippen LogP contribution < -0.4 is 0 Å². The molecule has 0 aliphatic heterocycles. The van der Waals surface area contributed by atoms with Gasteiger partial charge < -0.3 is 16.4 Å². The molecule has 0 rings (SSSR count). The van der Waals surface area contributed by atoms with Crippen LogP contribution in [0.5, 0.6) is 0 Å². The number of hydrogen-bond acceptors (Lipinski definition) is 2. The second kappa shape index (κ2) is 81.6. The molecule has 4 N–H and O–H groups in total. The van der Waals surface area contributed by atoms with Gasteiger partial charge in [-0.05, 0) is 0 Å². The van der Waals surface area contributed by atoms with Crippen molar-refractivity contribution in [1.82, 2.24) is 0 Å². The first-order chi connectivity index (χ1) is 2.83. The van der Waals surface area contributed by atoms with Crippen molar-refractivity contribution >= 4 is 12.9 Å². The average molecular weight is 303 g/mol. The van der Waals surface area contributed by atoms with Crippen molar-refractivity contribution in [3.05, 3.63) is 6.15 Å². The summed E-state index contributed by atoms with van der Waals surface area (Å²) in [5.74, 6) is 0. The maximum Gasteiger partial charge on any atom is 0.290 e. The van der Waals surface area contributed by atoms with E-state index in [1.807, 2.05) is 0 Å². The molecule has 8 heavy (non-hydrogen) atoms. The summed E-state index contributed by atoms with van der Waals surface area (Å²) in [6, 6.07) is 0. The van der Waals surface area contributed by atoms with Crippen molar-refractivity contribution < 1.29 is 40.9 Å².